The van der Waals surface area contributed by atoms with Crippen molar-refractivity contribution in [3.05, 3.63) is 28.2 Å². The molecule has 2 rings (SSSR count). The average Bonchev–Trinajstić information content (AvgIpc) is 2.36. The second kappa shape index (κ2) is 7.28. The van der Waals surface area contributed by atoms with Gasteiger partial charge < -0.3 is 10.4 Å². The summed E-state index contributed by atoms with van der Waals surface area (Å²) in [6, 6.07) is 4.80. The number of nitrogens with zero attached hydrogens (tertiary/aromatic N) is 1. The lowest BCUT2D eigenvalue weighted by atomic mass is 10.0. The summed E-state index contributed by atoms with van der Waals surface area (Å²) in [6.45, 7) is 2.86. The van der Waals surface area contributed by atoms with Gasteiger partial charge in [0.1, 0.15) is 12.4 Å². The van der Waals surface area contributed by atoms with Crippen LogP contribution in [0, 0.1) is 0 Å². The Bertz CT molecular complexity index is 388. The predicted octanol–water partition coefficient (Wildman–Crippen LogP) is 2.49. The summed E-state index contributed by atoms with van der Waals surface area (Å²) >= 11 is 3.35. The summed E-state index contributed by atoms with van der Waals surface area (Å²) < 4.78 is 14.1. The van der Waals surface area contributed by atoms with Crippen molar-refractivity contribution in [2.24, 2.45) is 0 Å². The Kier molecular flexibility index (Phi) is 6.35. The van der Waals surface area contributed by atoms with Crippen molar-refractivity contribution in [3.8, 4) is 5.75 Å². The molecule has 2 N–H and O–H groups in total. The lowest BCUT2D eigenvalue weighted by Crippen LogP contribution is -2.45. The first-order chi connectivity index (χ1) is 8.22. The summed E-state index contributed by atoms with van der Waals surface area (Å²) in [5, 5.41) is 13.1. The number of phenols is 1. The van der Waals surface area contributed by atoms with Gasteiger partial charge in [-0.3, -0.25) is 4.90 Å². The molecule has 1 aromatic carbocycles. The first kappa shape index (κ1) is 15.7. The molecule has 1 atom stereocenters. The van der Waals surface area contributed by atoms with Gasteiger partial charge in [0.05, 0.1) is 6.04 Å². The minimum absolute atomic E-state index is 0. The zero-order valence-corrected chi connectivity index (χ0v) is 12.3. The fourth-order valence-electron chi connectivity index (χ4n) is 2.16. The Morgan fingerprint density at radius 2 is 2.06 bits per heavy atom. The average molecular weight is 340 g/mol. The van der Waals surface area contributed by atoms with E-state index >= 15 is 0 Å². The van der Waals surface area contributed by atoms with Crippen LogP contribution in [-0.4, -0.2) is 42.9 Å². The first-order valence-corrected chi connectivity index (χ1v) is 6.51. The SMILES string of the molecule is Cl.Oc1ccc(Br)cc1[C@H](CF)N1CCNCC1. The third-order valence-corrected chi connectivity index (χ3v) is 3.58. The van der Waals surface area contributed by atoms with E-state index < -0.39 is 6.67 Å². The van der Waals surface area contributed by atoms with E-state index in [2.05, 4.69) is 26.1 Å². The number of hydrogen-bond donors (Lipinski definition) is 2. The monoisotopic (exact) mass is 338 g/mol. The van der Waals surface area contributed by atoms with Crippen LogP contribution < -0.4 is 5.32 Å². The summed E-state index contributed by atoms with van der Waals surface area (Å²) in [7, 11) is 0. The predicted molar refractivity (Wildman–Crippen MR) is 76.2 cm³/mol. The summed E-state index contributed by atoms with van der Waals surface area (Å²) in [4.78, 5) is 2.07. The minimum Gasteiger partial charge on any atom is -0.508 e. The molecule has 1 fully saturated rings. The largest absolute Gasteiger partial charge is 0.508 e. The van der Waals surface area contributed by atoms with Crippen molar-refractivity contribution in [1.29, 1.82) is 0 Å². The molecule has 0 spiro atoms. The fourth-order valence-corrected chi connectivity index (χ4v) is 2.54. The van der Waals surface area contributed by atoms with Gasteiger partial charge in [0.2, 0.25) is 0 Å². The van der Waals surface area contributed by atoms with Gasteiger partial charge in [-0.2, -0.15) is 0 Å². The van der Waals surface area contributed by atoms with Gasteiger partial charge >= 0.3 is 0 Å². The van der Waals surface area contributed by atoms with E-state index in [1.54, 1.807) is 18.2 Å². The molecular weight excluding hydrogens is 323 g/mol. The smallest absolute Gasteiger partial charge is 0.120 e. The molecule has 0 unspecified atom stereocenters. The van der Waals surface area contributed by atoms with Crippen molar-refractivity contribution in [1.82, 2.24) is 10.2 Å². The molecule has 0 saturated carbocycles. The van der Waals surface area contributed by atoms with Crippen LogP contribution in [0.3, 0.4) is 0 Å². The van der Waals surface area contributed by atoms with Crippen LogP contribution in [0.2, 0.25) is 0 Å². The highest BCUT2D eigenvalue weighted by atomic mass is 79.9. The molecule has 1 saturated heterocycles. The van der Waals surface area contributed by atoms with E-state index in [1.807, 2.05) is 0 Å². The molecule has 102 valence electrons. The van der Waals surface area contributed by atoms with E-state index in [4.69, 9.17) is 0 Å². The van der Waals surface area contributed by atoms with E-state index in [0.717, 1.165) is 30.7 Å². The number of phenolic OH excluding ortho intramolecular Hbond substituents is 1. The molecule has 0 aromatic heterocycles. The van der Waals surface area contributed by atoms with E-state index in [0.29, 0.717) is 5.56 Å². The van der Waals surface area contributed by atoms with Crippen LogP contribution in [0.1, 0.15) is 11.6 Å². The van der Waals surface area contributed by atoms with Gasteiger partial charge in [0.15, 0.2) is 0 Å². The van der Waals surface area contributed by atoms with Gasteiger partial charge in [0, 0.05) is 36.2 Å². The molecule has 18 heavy (non-hydrogen) atoms. The number of rotatable bonds is 3. The number of hydrogen-bond acceptors (Lipinski definition) is 3. The number of halogens is 3. The highest BCUT2D eigenvalue weighted by Gasteiger charge is 2.24. The number of benzene rings is 1. The number of aromatic hydroxyl groups is 1. The van der Waals surface area contributed by atoms with Gasteiger partial charge in [-0.1, -0.05) is 15.9 Å². The normalized spacial score (nSPS) is 18.1. The third kappa shape index (κ3) is 3.57. The second-order valence-electron chi connectivity index (χ2n) is 4.16. The lowest BCUT2D eigenvalue weighted by Gasteiger charge is -2.33. The molecule has 0 bridgehead atoms. The van der Waals surface area contributed by atoms with Crippen LogP contribution in [0.4, 0.5) is 4.39 Å². The summed E-state index contributed by atoms with van der Waals surface area (Å²) in [5.74, 6) is 0.161. The maximum absolute atomic E-state index is 13.3. The maximum Gasteiger partial charge on any atom is 0.120 e. The third-order valence-electron chi connectivity index (χ3n) is 3.09. The Hall–Kier alpha value is -0.360. The van der Waals surface area contributed by atoms with Crippen molar-refractivity contribution < 1.29 is 9.50 Å². The van der Waals surface area contributed by atoms with E-state index in [-0.39, 0.29) is 24.2 Å². The second-order valence-corrected chi connectivity index (χ2v) is 5.07. The molecule has 6 heteroatoms. The van der Waals surface area contributed by atoms with Crippen molar-refractivity contribution >= 4 is 28.3 Å². The van der Waals surface area contributed by atoms with Crippen LogP contribution in [0.25, 0.3) is 0 Å². The standard InChI is InChI=1S/C12H16BrFN2O.ClH/c13-9-1-2-12(17)10(7-9)11(8-14)16-5-3-15-4-6-16;/h1-2,7,11,15,17H,3-6,8H2;1H/t11-;/m0./s1. The van der Waals surface area contributed by atoms with Gasteiger partial charge in [-0.05, 0) is 18.2 Å². The van der Waals surface area contributed by atoms with Crippen LogP contribution in [-0.2, 0) is 0 Å². The quantitative estimate of drug-likeness (QED) is 0.888. The molecule has 1 aliphatic heterocycles. The van der Waals surface area contributed by atoms with Crippen LogP contribution in [0.5, 0.6) is 5.75 Å². The van der Waals surface area contributed by atoms with Crippen molar-refractivity contribution in [3.63, 3.8) is 0 Å². The highest BCUT2D eigenvalue weighted by molar-refractivity contribution is 9.10. The van der Waals surface area contributed by atoms with E-state index in [1.165, 1.54) is 0 Å². The molecular formula is C12H17BrClFN2O. The van der Waals surface area contributed by atoms with Gasteiger partial charge in [-0.25, -0.2) is 4.39 Å². The zero-order valence-electron chi connectivity index (χ0n) is 9.90. The van der Waals surface area contributed by atoms with E-state index in [9.17, 15) is 9.50 Å². The summed E-state index contributed by atoms with van der Waals surface area (Å²) in [6.07, 6.45) is 0. The molecule has 1 aromatic rings. The highest BCUT2D eigenvalue weighted by Crippen LogP contribution is 2.31. The molecule has 0 amide bonds. The number of alkyl halides is 1. The lowest BCUT2D eigenvalue weighted by molar-refractivity contribution is 0.145. The number of piperazine rings is 1. The maximum atomic E-state index is 13.3. The van der Waals surface area contributed by atoms with Crippen molar-refractivity contribution in [2.45, 2.75) is 6.04 Å². The van der Waals surface area contributed by atoms with Crippen LogP contribution in [0.15, 0.2) is 22.7 Å². The molecule has 1 heterocycles. The molecule has 3 nitrogen and oxygen atoms in total. The molecule has 1 aliphatic rings. The first-order valence-electron chi connectivity index (χ1n) is 5.71. The summed E-state index contributed by atoms with van der Waals surface area (Å²) in [5.41, 5.74) is 0.656. The Morgan fingerprint density at radius 1 is 1.39 bits per heavy atom. The zero-order chi connectivity index (χ0) is 12.3. The molecule has 0 radical (unpaired) electrons. The topological polar surface area (TPSA) is 35.5 Å². The number of nitrogens with one attached hydrogen (secondary N) is 1. The van der Waals surface area contributed by atoms with Crippen LogP contribution >= 0.6 is 28.3 Å². The Morgan fingerprint density at radius 3 is 2.67 bits per heavy atom. The fraction of sp³-hybridized carbons (Fsp3) is 0.500. The van der Waals surface area contributed by atoms with Gasteiger partial charge in [0.25, 0.3) is 0 Å². The Balaban J connectivity index is 0.00000162. The van der Waals surface area contributed by atoms with Crippen molar-refractivity contribution in [2.75, 3.05) is 32.9 Å². The van der Waals surface area contributed by atoms with Gasteiger partial charge in [-0.15, -0.1) is 12.4 Å². The Labute approximate surface area is 121 Å². The minimum atomic E-state index is -0.482. The molecule has 0 aliphatic carbocycles.